The van der Waals surface area contributed by atoms with Crippen LogP contribution in [-0.4, -0.2) is 28.1 Å². The molecule has 1 aromatic rings. The van der Waals surface area contributed by atoms with E-state index in [0.29, 0.717) is 11.3 Å². The van der Waals surface area contributed by atoms with E-state index in [1.165, 1.54) is 19.2 Å². The van der Waals surface area contributed by atoms with Crippen LogP contribution in [-0.2, 0) is 10.0 Å². The van der Waals surface area contributed by atoms with Gasteiger partial charge in [-0.25, -0.2) is 13.1 Å². The molecule has 20 heavy (non-hydrogen) atoms. The highest BCUT2D eigenvalue weighted by Gasteiger charge is 2.25. The fraction of sp³-hybridized carbons (Fsp3) is 0.429. The molecule has 1 saturated carbocycles. The van der Waals surface area contributed by atoms with E-state index in [9.17, 15) is 8.42 Å². The van der Waals surface area contributed by atoms with Gasteiger partial charge in [-0.1, -0.05) is 18.3 Å². The first-order valence-electron chi connectivity index (χ1n) is 6.46. The molecule has 2 rings (SSSR count). The van der Waals surface area contributed by atoms with E-state index < -0.39 is 10.0 Å². The fourth-order valence-electron chi connectivity index (χ4n) is 1.91. The van der Waals surface area contributed by atoms with Gasteiger partial charge in [-0.3, -0.25) is 0 Å². The SMILES string of the molecule is COc1ccc(S(=O)(=O)NC2CCC2)cc1C#CCN. The van der Waals surface area contributed by atoms with Crippen LogP contribution in [0.1, 0.15) is 24.8 Å². The second kappa shape index (κ2) is 6.27. The highest BCUT2D eigenvalue weighted by Crippen LogP contribution is 2.24. The highest BCUT2D eigenvalue weighted by molar-refractivity contribution is 7.89. The highest BCUT2D eigenvalue weighted by atomic mass is 32.2. The molecule has 6 heteroatoms. The zero-order valence-corrected chi connectivity index (χ0v) is 12.2. The van der Waals surface area contributed by atoms with E-state index in [4.69, 9.17) is 10.5 Å². The lowest BCUT2D eigenvalue weighted by molar-refractivity contribution is 0.383. The molecule has 0 bridgehead atoms. The predicted octanol–water partition coefficient (Wildman–Crippen LogP) is 0.836. The van der Waals surface area contributed by atoms with Crippen molar-refractivity contribution in [2.75, 3.05) is 13.7 Å². The first-order valence-corrected chi connectivity index (χ1v) is 7.94. The molecule has 5 nitrogen and oxygen atoms in total. The quantitative estimate of drug-likeness (QED) is 0.806. The van der Waals surface area contributed by atoms with E-state index in [2.05, 4.69) is 16.6 Å². The Labute approximate surface area is 119 Å². The average Bonchev–Trinajstić information content (AvgIpc) is 2.40. The maximum atomic E-state index is 12.2. The second-order valence-electron chi connectivity index (χ2n) is 4.62. The molecule has 0 unspecified atom stereocenters. The lowest BCUT2D eigenvalue weighted by Gasteiger charge is -2.26. The van der Waals surface area contributed by atoms with Crippen LogP contribution in [0.3, 0.4) is 0 Å². The van der Waals surface area contributed by atoms with Crippen molar-refractivity contribution in [2.45, 2.75) is 30.2 Å². The summed E-state index contributed by atoms with van der Waals surface area (Å²) in [5.74, 6) is 6.06. The zero-order valence-electron chi connectivity index (χ0n) is 11.3. The Morgan fingerprint density at radius 2 is 2.20 bits per heavy atom. The number of methoxy groups -OCH3 is 1. The number of rotatable bonds is 4. The normalized spacial score (nSPS) is 15.1. The molecule has 1 aliphatic carbocycles. The third-order valence-electron chi connectivity index (χ3n) is 3.23. The fourth-order valence-corrected chi connectivity index (χ4v) is 3.24. The van der Waals surface area contributed by atoms with Crippen molar-refractivity contribution in [3.8, 4) is 17.6 Å². The molecule has 0 radical (unpaired) electrons. The van der Waals surface area contributed by atoms with Crippen molar-refractivity contribution < 1.29 is 13.2 Å². The van der Waals surface area contributed by atoms with Crippen molar-refractivity contribution in [1.82, 2.24) is 4.72 Å². The molecule has 1 aromatic carbocycles. The van der Waals surface area contributed by atoms with Gasteiger partial charge in [-0.05, 0) is 31.0 Å². The minimum atomic E-state index is -3.50. The van der Waals surface area contributed by atoms with Crippen LogP contribution in [0.2, 0.25) is 0 Å². The number of ether oxygens (including phenoxy) is 1. The predicted molar refractivity (Wildman–Crippen MR) is 76.9 cm³/mol. The molecular formula is C14H18N2O3S. The standard InChI is InChI=1S/C14H18N2O3S/c1-19-14-8-7-13(10-11(14)4-3-9-15)20(17,18)16-12-5-2-6-12/h7-8,10,12,16H,2,5-6,9,15H2,1H3. The van der Waals surface area contributed by atoms with Crippen LogP contribution in [0.15, 0.2) is 23.1 Å². The Kier molecular flexibility index (Phi) is 4.65. The van der Waals surface area contributed by atoms with E-state index >= 15 is 0 Å². The van der Waals surface area contributed by atoms with E-state index in [1.807, 2.05) is 0 Å². The Hall–Kier alpha value is -1.55. The molecule has 0 aromatic heterocycles. The first-order chi connectivity index (χ1) is 9.56. The minimum Gasteiger partial charge on any atom is -0.495 e. The van der Waals surface area contributed by atoms with Crippen molar-refractivity contribution in [3.63, 3.8) is 0 Å². The van der Waals surface area contributed by atoms with Gasteiger partial charge in [0.25, 0.3) is 0 Å². The summed E-state index contributed by atoms with van der Waals surface area (Å²) >= 11 is 0. The lowest BCUT2D eigenvalue weighted by Crippen LogP contribution is -2.39. The number of sulfonamides is 1. The molecule has 1 fully saturated rings. The van der Waals surface area contributed by atoms with E-state index in [1.54, 1.807) is 6.07 Å². The summed E-state index contributed by atoms with van der Waals surface area (Å²) in [6.07, 6.45) is 2.87. The number of nitrogens with two attached hydrogens (primary N) is 1. The van der Waals surface area contributed by atoms with Crippen molar-refractivity contribution in [2.24, 2.45) is 5.73 Å². The molecule has 0 heterocycles. The molecule has 108 valence electrons. The maximum absolute atomic E-state index is 12.2. The largest absolute Gasteiger partial charge is 0.495 e. The number of nitrogens with one attached hydrogen (secondary N) is 1. The molecule has 0 amide bonds. The van der Waals surface area contributed by atoms with Crippen LogP contribution in [0.5, 0.6) is 5.75 Å². The summed E-state index contributed by atoms with van der Waals surface area (Å²) < 4.78 is 32.3. The summed E-state index contributed by atoms with van der Waals surface area (Å²) in [6.45, 7) is 0.209. The van der Waals surface area contributed by atoms with Gasteiger partial charge in [0.2, 0.25) is 10.0 Å². The molecular weight excluding hydrogens is 276 g/mol. The van der Waals surface area contributed by atoms with Crippen LogP contribution in [0.4, 0.5) is 0 Å². The summed E-state index contributed by atoms with van der Waals surface area (Å²) in [5.41, 5.74) is 5.86. The monoisotopic (exact) mass is 294 g/mol. The van der Waals surface area contributed by atoms with Gasteiger partial charge in [0, 0.05) is 6.04 Å². The summed E-state index contributed by atoms with van der Waals surface area (Å²) in [5, 5.41) is 0. The Bertz CT molecular complexity index is 640. The lowest BCUT2D eigenvalue weighted by atomic mass is 9.94. The van der Waals surface area contributed by atoms with Crippen molar-refractivity contribution in [3.05, 3.63) is 23.8 Å². The van der Waals surface area contributed by atoms with Gasteiger partial charge >= 0.3 is 0 Å². The van der Waals surface area contributed by atoms with Gasteiger partial charge in [-0.15, -0.1) is 0 Å². The molecule has 1 aliphatic rings. The smallest absolute Gasteiger partial charge is 0.240 e. The molecule has 3 N–H and O–H groups in total. The number of hydrogen-bond donors (Lipinski definition) is 2. The van der Waals surface area contributed by atoms with E-state index in [-0.39, 0.29) is 17.5 Å². The topological polar surface area (TPSA) is 81.4 Å². The molecule has 0 aliphatic heterocycles. The van der Waals surface area contributed by atoms with Gasteiger partial charge in [0.05, 0.1) is 24.1 Å². The van der Waals surface area contributed by atoms with Crippen LogP contribution in [0.25, 0.3) is 0 Å². The van der Waals surface area contributed by atoms with E-state index in [0.717, 1.165) is 19.3 Å². The van der Waals surface area contributed by atoms with Crippen LogP contribution >= 0.6 is 0 Å². The third-order valence-corrected chi connectivity index (χ3v) is 4.75. The van der Waals surface area contributed by atoms with Crippen molar-refractivity contribution in [1.29, 1.82) is 0 Å². The summed E-state index contributed by atoms with van der Waals surface area (Å²) in [7, 11) is -1.98. The third kappa shape index (κ3) is 3.31. The van der Waals surface area contributed by atoms with Gasteiger partial charge < -0.3 is 10.5 Å². The van der Waals surface area contributed by atoms with Gasteiger partial charge in [0.1, 0.15) is 5.75 Å². The number of hydrogen-bond acceptors (Lipinski definition) is 4. The summed E-state index contributed by atoms with van der Waals surface area (Å²) in [6, 6.07) is 4.70. The maximum Gasteiger partial charge on any atom is 0.240 e. The molecule has 0 saturated heterocycles. The summed E-state index contributed by atoms with van der Waals surface area (Å²) in [4.78, 5) is 0.200. The van der Waals surface area contributed by atoms with Crippen molar-refractivity contribution >= 4 is 10.0 Å². The molecule has 0 spiro atoms. The van der Waals surface area contributed by atoms with Gasteiger partial charge in [0.15, 0.2) is 0 Å². The zero-order chi connectivity index (χ0) is 14.6. The number of benzene rings is 1. The Balaban J connectivity index is 2.31. The van der Waals surface area contributed by atoms with Crippen LogP contribution in [0, 0.1) is 11.8 Å². The first kappa shape index (κ1) is 14.9. The Morgan fingerprint density at radius 1 is 1.45 bits per heavy atom. The second-order valence-corrected chi connectivity index (χ2v) is 6.33. The average molecular weight is 294 g/mol. The van der Waals surface area contributed by atoms with Crippen LogP contribution < -0.4 is 15.2 Å². The minimum absolute atomic E-state index is 0.0562. The van der Waals surface area contributed by atoms with Gasteiger partial charge in [-0.2, -0.15) is 0 Å². The molecule has 0 atom stereocenters. The Morgan fingerprint density at radius 3 is 2.75 bits per heavy atom.